The minimum absolute atomic E-state index is 0.0596. The molecule has 6 heteroatoms. The smallest absolute Gasteiger partial charge is 0.338 e. The number of halogens is 1. The summed E-state index contributed by atoms with van der Waals surface area (Å²) in [5.74, 6) is -0.487. The molecule has 1 fully saturated rings. The Labute approximate surface area is 116 Å². The number of carbonyl (C=O) groups is 2. The second-order valence-corrected chi connectivity index (χ2v) is 4.92. The number of nitrogens with two attached hydrogens (primary N) is 1. The van der Waals surface area contributed by atoms with E-state index in [1.54, 1.807) is 24.0 Å². The maximum atomic E-state index is 11.8. The number of carbonyl (C=O) groups excluding carboxylic acids is 2. The Balaban J connectivity index is 2.25. The molecule has 1 aliphatic heterocycles. The molecule has 1 amide bonds. The molecule has 1 saturated heterocycles. The topological polar surface area (TPSA) is 72.6 Å². The van der Waals surface area contributed by atoms with Crippen molar-refractivity contribution in [1.82, 2.24) is 0 Å². The molecular formula is C13H15ClN2O3. The zero-order chi connectivity index (χ0) is 14.0. The molecule has 1 aromatic carbocycles. The Morgan fingerprint density at radius 3 is 2.84 bits per heavy atom. The lowest BCUT2D eigenvalue weighted by atomic mass is 10.1. The van der Waals surface area contributed by atoms with Crippen molar-refractivity contribution in [2.24, 2.45) is 0 Å². The summed E-state index contributed by atoms with van der Waals surface area (Å²) in [5.41, 5.74) is 7.22. The zero-order valence-corrected chi connectivity index (χ0v) is 11.3. The number of esters is 1. The molecule has 1 heterocycles. The van der Waals surface area contributed by atoms with Crippen molar-refractivity contribution >= 4 is 34.9 Å². The van der Waals surface area contributed by atoms with Crippen LogP contribution in [0, 0.1) is 0 Å². The van der Waals surface area contributed by atoms with Crippen LogP contribution in [0.4, 0.5) is 11.4 Å². The van der Waals surface area contributed by atoms with Gasteiger partial charge in [-0.2, -0.15) is 0 Å². The van der Waals surface area contributed by atoms with Crippen LogP contribution in [-0.4, -0.2) is 30.4 Å². The first-order chi connectivity index (χ1) is 9.02. The van der Waals surface area contributed by atoms with Crippen molar-refractivity contribution in [2.45, 2.75) is 18.7 Å². The van der Waals surface area contributed by atoms with E-state index < -0.39 is 5.97 Å². The predicted octanol–water partition coefficient (Wildman–Crippen LogP) is 1.79. The summed E-state index contributed by atoms with van der Waals surface area (Å²) >= 11 is 5.95. The molecule has 5 nitrogen and oxygen atoms in total. The van der Waals surface area contributed by atoms with Crippen LogP contribution >= 0.6 is 11.6 Å². The van der Waals surface area contributed by atoms with Crippen LogP contribution in [0.1, 0.15) is 23.7 Å². The van der Waals surface area contributed by atoms with Gasteiger partial charge in [-0.25, -0.2) is 4.79 Å². The summed E-state index contributed by atoms with van der Waals surface area (Å²) in [4.78, 5) is 24.9. The van der Waals surface area contributed by atoms with Crippen molar-refractivity contribution < 1.29 is 14.3 Å². The molecule has 102 valence electrons. The second kappa shape index (κ2) is 5.48. The normalized spacial score (nSPS) is 18.7. The van der Waals surface area contributed by atoms with Crippen LogP contribution in [0.15, 0.2) is 18.2 Å². The number of hydrogen-bond donors (Lipinski definition) is 1. The monoisotopic (exact) mass is 282 g/mol. The Bertz CT molecular complexity index is 519. The van der Waals surface area contributed by atoms with Gasteiger partial charge in [0.25, 0.3) is 0 Å². The van der Waals surface area contributed by atoms with E-state index in [-0.39, 0.29) is 11.3 Å². The van der Waals surface area contributed by atoms with E-state index >= 15 is 0 Å². The molecule has 0 saturated carbocycles. The van der Waals surface area contributed by atoms with Gasteiger partial charge in [0, 0.05) is 13.0 Å². The number of benzene rings is 1. The zero-order valence-electron chi connectivity index (χ0n) is 10.6. The molecule has 2 rings (SSSR count). The highest BCUT2D eigenvalue weighted by Gasteiger charge is 2.30. The average molecular weight is 283 g/mol. The summed E-state index contributed by atoms with van der Waals surface area (Å²) in [7, 11) is 0. The van der Waals surface area contributed by atoms with Crippen molar-refractivity contribution in [3.05, 3.63) is 23.8 Å². The van der Waals surface area contributed by atoms with Crippen molar-refractivity contribution in [2.75, 3.05) is 23.8 Å². The lowest BCUT2D eigenvalue weighted by molar-refractivity contribution is -0.117. The summed E-state index contributed by atoms with van der Waals surface area (Å²) < 4.78 is 4.89. The highest BCUT2D eigenvalue weighted by atomic mass is 35.5. The number of nitrogens with zero attached hydrogens (tertiary/aromatic N) is 1. The lowest BCUT2D eigenvalue weighted by Crippen LogP contribution is -2.25. The lowest BCUT2D eigenvalue weighted by Gasteiger charge is -2.18. The Hall–Kier alpha value is -1.75. The molecule has 0 spiro atoms. The van der Waals surface area contributed by atoms with Gasteiger partial charge >= 0.3 is 5.97 Å². The van der Waals surface area contributed by atoms with Gasteiger partial charge < -0.3 is 15.4 Å². The fourth-order valence-electron chi connectivity index (χ4n) is 2.04. The van der Waals surface area contributed by atoms with Gasteiger partial charge in [-0.15, -0.1) is 11.6 Å². The third-order valence-electron chi connectivity index (χ3n) is 2.91. The summed E-state index contributed by atoms with van der Waals surface area (Å²) in [5, 5.41) is -0.198. The van der Waals surface area contributed by atoms with Crippen LogP contribution in [0.5, 0.6) is 0 Å². The average Bonchev–Trinajstić information content (AvgIpc) is 2.68. The Morgan fingerprint density at radius 2 is 2.32 bits per heavy atom. The van der Waals surface area contributed by atoms with Gasteiger partial charge in [-0.1, -0.05) is 0 Å². The van der Waals surface area contributed by atoms with E-state index in [4.69, 9.17) is 22.1 Å². The molecule has 1 aliphatic rings. The summed E-state index contributed by atoms with van der Waals surface area (Å²) in [6, 6.07) is 4.76. The van der Waals surface area contributed by atoms with Gasteiger partial charge in [-0.3, -0.25) is 4.79 Å². The molecule has 1 unspecified atom stereocenters. The summed E-state index contributed by atoms with van der Waals surface area (Å²) in [6.45, 7) is 2.47. The second-order valence-electron chi connectivity index (χ2n) is 4.30. The van der Waals surface area contributed by atoms with Crippen LogP contribution in [0.25, 0.3) is 0 Å². The Morgan fingerprint density at radius 1 is 1.58 bits per heavy atom. The van der Waals surface area contributed by atoms with Gasteiger partial charge in [0.15, 0.2) is 0 Å². The molecule has 0 bridgehead atoms. The molecule has 0 radical (unpaired) electrons. The maximum Gasteiger partial charge on any atom is 0.338 e. The highest BCUT2D eigenvalue weighted by molar-refractivity contribution is 6.24. The number of nitrogen functional groups attached to an aromatic ring is 1. The molecule has 1 aromatic rings. The maximum absolute atomic E-state index is 11.8. The van der Waals surface area contributed by atoms with Gasteiger partial charge in [-0.05, 0) is 25.1 Å². The van der Waals surface area contributed by atoms with E-state index in [0.29, 0.717) is 36.5 Å². The third-order valence-corrected chi connectivity index (χ3v) is 3.20. The van der Waals surface area contributed by atoms with Crippen molar-refractivity contribution in [3.63, 3.8) is 0 Å². The van der Waals surface area contributed by atoms with E-state index in [1.165, 1.54) is 6.07 Å². The number of ether oxygens (including phenoxy) is 1. The van der Waals surface area contributed by atoms with E-state index in [2.05, 4.69) is 0 Å². The van der Waals surface area contributed by atoms with Gasteiger partial charge in [0.2, 0.25) is 5.91 Å². The largest absolute Gasteiger partial charge is 0.462 e. The highest BCUT2D eigenvalue weighted by Crippen LogP contribution is 2.30. The first kappa shape index (κ1) is 13.7. The molecule has 19 heavy (non-hydrogen) atoms. The van der Waals surface area contributed by atoms with E-state index in [1.807, 2.05) is 0 Å². The minimum Gasteiger partial charge on any atom is -0.462 e. The fourth-order valence-corrected chi connectivity index (χ4v) is 2.31. The van der Waals surface area contributed by atoms with Crippen molar-refractivity contribution in [1.29, 1.82) is 0 Å². The summed E-state index contributed by atoms with van der Waals surface area (Å²) in [6.07, 6.45) is 0.306. The molecule has 1 atom stereocenters. The van der Waals surface area contributed by atoms with E-state index in [9.17, 15) is 9.59 Å². The predicted molar refractivity (Wildman–Crippen MR) is 73.4 cm³/mol. The Kier molecular flexibility index (Phi) is 3.95. The number of anilines is 2. The first-order valence-corrected chi connectivity index (χ1v) is 6.47. The quantitative estimate of drug-likeness (QED) is 0.521. The van der Waals surface area contributed by atoms with Gasteiger partial charge in [0.1, 0.15) is 0 Å². The molecule has 0 aliphatic carbocycles. The molecule has 0 aromatic heterocycles. The standard InChI is InChI=1S/C13H15ClN2O3/c1-2-19-13(18)8-3-4-11(10(15)5-8)16-7-9(14)6-12(16)17/h3-5,9H,2,6-7,15H2,1H3. The minimum atomic E-state index is -0.427. The van der Waals surface area contributed by atoms with Crippen LogP contribution in [-0.2, 0) is 9.53 Å². The number of amides is 1. The number of alkyl halides is 1. The molecular weight excluding hydrogens is 268 g/mol. The van der Waals surface area contributed by atoms with Crippen LogP contribution in [0.2, 0.25) is 0 Å². The fraction of sp³-hybridized carbons (Fsp3) is 0.385. The van der Waals surface area contributed by atoms with Crippen LogP contribution in [0.3, 0.4) is 0 Å². The number of rotatable bonds is 3. The van der Waals surface area contributed by atoms with Gasteiger partial charge in [0.05, 0.1) is 28.9 Å². The third kappa shape index (κ3) is 2.81. The number of hydrogen-bond acceptors (Lipinski definition) is 4. The molecule has 2 N–H and O–H groups in total. The van der Waals surface area contributed by atoms with E-state index in [0.717, 1.165) is 0 Å². The SMILES string of the molecule is CCOC(=O)c1ccc(N2CC(Cl)CC2=O)c(N)c1. The van der Waals surface area contributed by atoms with Crippen molar-refractivity contribution in [3.8, 4) is 0 Å². The van der Waals surface area contributed by atoms with Crippen LogP contribution < -0.4 is 10.6 Å². The first-order valence-electron chi connectivity index (χ1n) is 6.04.